The van der Waals surface area contributed by atoms with Crippen LogP contribution in [0.5, 0.6) is 0 Å². The molecule has 0 unspecified atom stereocenters. The van der Waals surface area contributed by atoms with Crippen LogP contribution in [0.25, 0.3) is 0 Å². The van der Waals surface area contributed by atoms with Crippen molar-refractivity contribution in [1.82, 2.24) is 42.5 Å². The van der Waals surface area contributed by atoms with Gasteiger partial charge in [0.05, 0.1) is 25.6 Å². The fourth-order valence-corrected chi connectivity index (χ4v) is 6.06. The van der Waals surface area contributed by atoms with Crippen molar-refractivity contribution < 1.29 is 58.2 Å². The summed E-state index contributed by atoms with van der Waals surface area (Å²) in [5, 5.41) is 39.0. The first-order chi connectivity index (χ1) is 28.7. The molecule has 12 N–H and O–H groups in total. The molecule has 8 atom stereocenters. The summed E-state index contributed by atoms with van der Waals surface area (Å²) < 4.78 is 0. The van der Waals surface area contributed by atoms with Crippen LogP contribution in [0.2, 0.25) is 0 Å². The summed E-state index contributed by atoms with van der Waals surface area (Å²) in [7, 11) is 0. The molecule has 0 rings (SSSR count). The third kappa shape index (κ3) is 23.0. The molecule has 21 heteroatoms. The lowest BCUT2D eigenvalue weighted by Gasteiger charge is -2.29. The Labute approximate surface area is 364 Å². The molecule has 354 valence electrons. The molecule has 0 saturated heterocycles. The zero-order valence-electron chi connectivity index (χ0n) is 38.1. The highest BCUT2D eigenvalue weighted by molar-refractivity contribution is 5.98. The SMILES string of the molecule is CC[C@H](C)[C@H](NC(=O)[C@H](CC(=O)O)NC(=O)[C@H](CC(C)C)NC(=O)[C@H](CC(C)C)NC(=O)CNC(=O)[C@H](C)N)C(=O)N[C@@H](CC(C)C)C(=O)NCC(=O)N[C@@H](CC(C)C)C(=O)O. The second kappa shape index (κ2) is 28.3. The molecule has 0 aliphatic rings. The lowest BCUT2D eigenvalue weighted by atomic mass is 9.96. The molecule has 62 heavy (non-hydrogen) atoms. The summed E-state index contributed by atoms with van der Waals surface area (Å²) in [6, 6.07) is -8.74. The van der Waals surface area contributed by atoms with E-state index in [1.54, 1.807) is 69.2 Å². The first-order valence-corrected chi connectivity index (χ1v) is 21.2. The number of amides is 8. The standard InChI is InChI=1S/C41H73N9O12/c1-12-24(10)34(40(60)49-26(13-20(2)3)36(56)44-19-32(52)46-30(41(61)62)16-23(8)9)50-39(59)29(17-33(53)54)48-38(58)28(15-22(6)7)47-37(57)27(14-21(4)5)45-31(51)18-43-35(55)25(11)42/h20-30,34H,12-19,42H2,1-11H3,(H,43,55)(H,44,56)(H,45,51)(H,46,52)(H,47,57)(H,48,58)(H,49,60)(H,50,59)(H,53,54)(H,61,62)/t24-,25-,26-,27-,28-,29-,30-,34-/m0/s1. The van der Waals surface area contributed by atoms with Crippen LogP contribution in [-0.2, 0) is 47.9 Å². The van der Waals surface area contributed by atoms with E-state index < -0.39 is 127 Å². The molecule has 0 saturated carbocycles. The molecule has 8 amide bonds. The van der Waals surface area contributed by atoms with Gasteiger partial charge in [0.15, 0.2) is 0 Å². The Kier molecular flexibility index (Phi) is 25.9. The fraction of sp³-hybridized carbons (Fsp3) is 0.756. The smallest absolute Gasteiger partial charge is 0.326 e. The van der Waals surface area contributed by atoms with Gasteiger partial charge >= 0.3 is 11.9 Å². The number of hydrogen-bond acceptors (Lipinski definition) is 11. The van der Waals surface area contributed by atoms with E-state index in [1.807, 2.05) is 0 Å². The fourth-order valence-electron chi connectivity index (χ4n) is 6.06. The van der Waals surface area contributed by atoms with Gasteiger partial charge in [0.1, 0.15) is 36.3 Å². The summed E-state index contributed by atoms with van der Waals surface area (Å²) in [4.78, 5) is 129. The van der Waals surface area contributed by atoms with Crippen LogP contribution < -0.4 is 48.3 Å². The van der Waals surface area contributed by atoms with Crippen LogP contribution in [-0.4, -0.2) is 125 Å². The van der Waals surface area contributed by atoms with Crippen molar-refractivity contribution in [1.29, 1.82) is 0 Å². The summed E-state index contributed by atoms with van der Waals surface area (Å²) in [6.45, 7) is 18.1. The zero-order valence-corrected chi connectivity index (χ0v) is 38.1. The third-order valence-electron chi connectivity index (χ3n) is 9.44. The predicted octanol–water partition coefficient (Wildman–Crippen LogP) is -0.735. The van der Waals surface area contributed by atoms with Crippen molar-refractivity contribution in [2.24, 2.45) is 35.3 Å². The van der Waals surface area contributed by atoms with E-state index >= 15 is 0 Å². The highest BCUT2D eigenvalue weighted by atomic mass is 16.4. The van der Waals surface area contributed by atoms with Gasteiger partial charge in [-0.3, -0.25) is 43.2 Å². The highest BCUT2D eigenvalue weighted by Gasteiger charge is 2.36. The summed E-state index contributed by atoms with van der Waals surface area (Å²) >= 11 is 0. The first-order valence-electron chi connectivity index (χ1n) is 21.2. The number of hydrogen-bond donors (Lipinski definition) is 11. The number of carbonyl (C=O) groups is 10. The molecule has 0 bridgehead atoms. The van der Waals surface area contributed by atoms with Crippen LogP contribution in [0.4, 0.5) is 0 Å². The van der Waals surface area contributed by atoms with Crippen LogP contribution in [0, 0.1) is 29.6 Å². The topological polar surface area (TPSA) is 333 Å². The average Bonchev–Trinajstić information content (AvgIpc) is 3.15. The minimum atomic E-state index is -1.73. The lowest BCUT2D eigenvalue weighted by molar-refractivity contribution is -0.142. The monoisotopic (exact) mass is 884 g/mol. The van der Waals surface area contributed by atoms with Crippen LogP contribution in [0.15, 0.2) is 0 Å². The quantitative estimate of drug-likeness (QED) is 0.0442. The maximum absolute atomic E-state index is 13.8. The van der Waals surface area contributed by atoms with Gasteiger partial charge in [-0.1, -0.05) is 75.7 Å². The Morgan fingerprint density at radius 1 is 0.452 bits per heavy atom. The van der Waals surface area contributed by atoms with Crippen LogP contribution in [0.1, 0.15) is 115 Å². The van der Waals surface area contributed by atoms with E-state index in [0.29, 0.717) is 6.42 Å². The number of carboxylic acids is 2. The number of nitrogens with one attached hydrogen (secondary N) is 8. The largest absolute Gasteiger partial charge is 0.481 e. The summed E-state index contributed by atoms with van der Waals surface area (Å²) in [5.74, 6) is -10.0. The summed E-state index contributed by atoms with van der Waals surface area (Å²) in [6.07, 6.45) is -0.102. The number of aliphatic carboxylic acids is 2. The van der Waals surface area contributed by atoms with Crippen molar-refractivity contribution in [3.63, 3.8) is 0 Å². The molecule has 0 aromatic heterocycles. The van der Waals surface area contributed by atoms with E-state index in [1.165, 1.54) is 6.92 Å². The van der Waals surface area contributed by atoms with Gasteiger partial charge in [0.2, 0.25) is 47.3 Å². The predicted molar refractivity (Wildman–Crippen MR) is 228 cm³/mol. The van der Waals surface area contributed by atoms with Gasteiger partial charge in [-0.2, -0.15) is 0 Å². The Morgan fingerprint density at radius 2 is 0.806 bits per heavy atom. The van der Waals surface area contributed by atoms with E-state index in [0.717, 1.165) is 0 Å². The molecule has 0 heterocycles. The van der Waals surface area contributed by atoms with Crippen molar-refractivity contribution in [3.05, 3.63) is 0 Å². The van der Waals surface area contributed by atoms with Gasteiger partial charge < -0.3 is 58.5 Å². The number of carboxylic acid groups (broad SMARTS) is 2. The second-order valence-electron chi connectivity index (χ2n) is 17.5. The minimum Gasteiger partial charge on any atom is -0.481 e. The molecular formula is C41H73N9O12. The summed E-state index contributed by atoms with van der Waals surface area (Å²) in [5.41, 5.74) is 5.52. The Morgan fingerprint density at radius 3 is 1.21 bits per heavy atom. The molecule has 0 aromatic carbocycles. The minimum absolute atomic E-state index is 0.0363. The second-order valence-corrected chi connectivity index (χ2v) is 17.5. The van der Waals surface area contributed by atoms with E-state index in [-0.39, 0.29) is 49.4 Å². The van der Waals surface area contributed by atoms with E-state index in [4.69, 9.17) is 5.73 Å². The Balaban J connectivity index is 6.25. The van der Waals surface area contributed by atoms with Crippen molar-refractivity contribution in [3.8, 4) is 0 Å². The number of carbonyl (C=O) groups excluding carboxylic acids is 8. The maximum atomic E-state index is 13.8. The zero-order chi connectivity index (χ0) is 48.0. The van der Waals surface area contributed by atoms with Crippen LogP contribution >= 0.6 is 0 Å². The molecule has 21 nitrogen and oxygen atoms in total. The Bertz CT molecular complexity index is 1550. The highest BCUT2D eigenvalue weighted by Crippen LogP contribution is 2.13. The van der Waals surface area contributed by atoms with Gasteiger partial charge in [0, 0.05) is 0 Å². The van der Waals surface area contributed by atoms with Crippen molar-refractivity contribution in [2.75, 3.05) is 13.1 Å². The van der Waals surface area contributed by atoms with Gasteiger partial charge in [-0.05, 0) is 62.2 Å². The van der Waals surface area contributed by atoms with Gasteiger partial charge in [-0.25, -0.2) is 4.79 Å². The normalized spacial score (nSPS) is 15.2. The van der Waals surface area contributed by atoms with Crippen molar-refractivity contribution in [2.45, 2.75) is 157 Å². The van der Waals surface area contributed by atoms with E-state index in [2.05, 4.69) is 42.5 Å². The molecular weight excluding hydrogens is 811 g/mol. The molecule has 0 spiro atoms. The maximum Gasteiger partial charge on any atom is 0.326 e. The van der Waals surface area contributed by atoms with Gasteiger partial charge in [0.25, 0.3) is 0 Å². The number of nitrogens with two attached hydrogens (primary N) is 1. The van der Waals surface area contributed by atoms with Crippen LogP contribution in [0.3, 0.4) is 0 Å². The molecule has 0 radical (unpaired) electrons. The average molecular weight is 884 g/mol. The third-order valence-corrected chi connectivity index (χ3v) is 9.44. The lowest BCUT2D eigenvalue weighted by Crippen LogP contribution is -2.61. The van der Waals surface area contributed by atoms with Crippen molar-refractivity contribution >= 4 is 59.2 Å². The number of rotatable bonds is 29. The first kappa shape index (κ1) is 56.7. The molecule has 0 fully saturated rings. The van der Waals surface area contributed by atoms with Gasteiger partial charge in [-0.15, -0.1) is 0 Å². The molecule has 0 aromatic rings. The van der Waals surface area contributed by atoms with E-state index in [9.17, 15) is 58.2 Å². The molecule has 0 aliphatic heterocycles. The molecule has 0 aliphatic carbocycles. The Hall–Kier alpha value is -5.34.